The zero-order valence-corrected chi connectivity index (χ0v) is 10.7. The summed E-state index contributed by atoms with van der Waals surface area (Å²) >= 11 is 0. The zero-order chi connectivity index (χ0) is 14.3. The summed E-state index contributed by atoms with van der Waals surface area (Å²) in [5.41, 5.74) is 0.162. The molecule has 0 aliphatic carbocycles. The fraction of sp³-hybridized carbons (Fsp3) is 0. The molecule has 0 spiro atoms. The minimum atomic E-state index is -3.32. The fourth-order valence-electron chi connectivity index (χ4n) is 1.70. The minimum absolute atomic E-state index is 0.0237. The Hall–Kier alpha value is -2.68. The van der Waals surface area contributed by atoms with E-state index >= 15 is 0 Å². The Morgan fingerprint density at radius 3 is 2.60 bits per heavy atom. The van der Waals surface area contributed by atoms with Crippen LogP contribution >= 0.6 is 0 Å². The summed E-state index contributed by atoms with van der Waals surface area (Å²) in [5.74, 6) is -0.736. The van der Waals surface area contributed by atoms with Crippen LogP contribution in [0.2, 0.25) is 0 Å². The number of rotatable bonds is 2. The normalized spacial score (nSPS) is 16.7. The molecule has 2 aromatic rings. The van der Waals surface area contributed by atoms with Crippen molar-refractivity contribution in [2.24, 2.45) is 0 Å². The lowest BCUT2D eigenvalue weighted by atomic mass is 10.3. The number of carboxylic acids is 1. The molecular weight excluding hydrogens is 284 g/mol. The van der Waals surface area contributed by atoms with Crippen LogP contribution in [0.3, 0.4) is 0 Å². The number of anilines is 1. The maximum Gasteiger partial charge on any atom is 0.341 e. The second-order valence-electron chi connectivity index (χ2n) is 3.98. The van der Waals surface area contributed by atoms with Gasteiger partial charge in [-0.15, -0.1) is 0 Å². The molecule has 0 radical (unpaired) electrons. The van der Waals surface area contributed by atoms with E-state index in [1.54, 1.807) is 12.3 Å². The summed E-state index contributed by atoms with van der Waals surface area (Å²) < 4.78 is 23.8. The van der Waals surface area contributed by atoms with Gasteiger partial charge < -0.3 is 10.0 Å². The molecule has 0 atom stereocenters. The monoisotopic (exact) mass is 292 g/mol. The molecule has 0 unspecified atom stereocenters. The Kier molecular flexibility index (Phi) is 2.57. The lowest BCUT2D eigenvalue weighted by molar-refractivity contribution is 0.0698. The van der Waals surface area contributed by atoms with Gasteiger partial charge in [0.25, 0.3) is 0 Å². The fourth-order valence-corrected chi connectivity index (χ4v) is 2.39. The number of carboxylic acid groups (broad SMARTS) is 1. The Balaban J connectivity index is 2.08. The van der Waals surface area contributed by atoms with Gasteiger partial charge in [0.2, 0.25) is 0 Å². The van der Waals surface area contributed by atoms with Crippen LogP contribution in [0.4, 0.5) is 5.82 Å². The molecular formula is C11H8N4O4S. The summed E-state index contributed by atoms with van der Waals surface area (Å²) in [6, 6.07) is 1.60. The number of hydrogen-bond acceptors (Lipinski definition) is 6. The number of hydrogen-bond donors (Lipinski definition) is 1. The second kappa shape index (κ2) is 4.17. The molecule has 1 aliphatic heterocycles. The second-order valence-corrected chi connectivity index (χ2v) is 5.71. The van der Waals surface area contributed by atoms with E-state index in [4.69, 9.17) is 5.11 Å². The van der Waals surface area contributed by atoms with Crippen molar-refractivity contribution in [3.05, 3.63) is 47.2 Å². The van der Waals surface area contributed by atoms with Crippen LogP contribution in [0.1, 0.15) is 10.4 Å². The minimum Gasteiger partial charge on any atom is -0.477 e. The van der Waals surface area contributed by atoms with Crippen LogP contribution in [0.25, 0.3) is 5.65 Å². The highest BCUT2D eigenvalue weighted by atomic mass is 32.2. The summed E-state index contributed by atoms with van der Waals surface area (Å²) in [6.07, 6.45) is 5.44. The van der Waals surface area contributed by atoms with E-state index in [1.807, 2.05) is 0 Å². The van der Waals surface area contributed by atoms with Crippen LogP contribution in [-0.2, 0) is 9.84 Å². The summed E-state index contributed by atoms with van der Waals surface area (Å²) in [4.78, 5) is 16.7. The first-order valence-electron chi connectivity index (χ1n) is 5.44. The predicted octanol–water partition coefficient (Wildman–Crippen LogP) is 0.605. The van der Waals surface area contributed by atoms with Crippen molar-refractivity contribution in [3.8, 4) is 0 Å². The number of sulfone groups is 1. The molecule has 1 aliphatic rings. The summed E-state index contributed by atoms with van der Waals surface area (Å²) in [7, 11) is -3.32. The molecule has 2 aromatic heterocycles. The van der Waals surface area contributed by atoms with Gasteiger partial charge in [0.1, 0.15) is 11.4 Å². The van der Waals surface area contributed by atoms with Crippen LogP contribution in [0, 0.1) is 0 Å². The Morgan fingerprint density at radius 2 is 1.95 bits per heavy atom. The third kappa shape index (κ3) is 2.03. The summed E-state index contributed by atoms with van der Waals surface area (Å²) in [5, 5.41) is 15.0. The summed E-state index contributed by atoms with van der Waals surface area (Å²) in [6.45, 7) is 0. The van der Waals surface area contributed by atoms with Crippen LogP contribution in [-0.4, -0.2) is 34.1 Å². The van der Waals surface area contributed by atoms with E-state index in [-0.39, 0.29) is 11.2 Å². The average molecular weight is 292 g/mol. The van der Waals surface area contributed by atoms with Gasteiger partial charge in [0.05, 0.1) is 17.0 Å². The SMILES string of the molecule is O=C(O)c1cnn2ccc(N3C=CS(=O)(=O)C=C3)nc12. The molecule has 3 heterocycles. The molecule has 1 N–H and O–H groups in total. The smallest absolute Gasteiger partial charge is 0.341 e. The largest absolute Gasteiger partial charge is 0.477 e. The molecule has 0 bridgehead atoms. The van der Waals surface area contributed by atoms with Gasteiger partial charge >= 0.3 is 5.97 Å². The van der Waals surface area contributed by atoms with Gasteiger partial charge in [-0.05, 0) is 6.07 Å². The van der Waals surface area contributed by atoms with E-state index in [2.05, 4.69) is 10.1 Å². The van der Waals surface area contributed by atoms with Gasteiger partial charge in [-0.25, -0.2) is 22.7 Å². The molecule has 8 nitrogen and oxygen atoms in total. The van der Waals surface area contributed by atoms with Crippen molar-refractivity contribution in [2.45, 2.75) is 0 Å². The average Bonchev–Trinajstić information content (AvgIpc) is 2.81. The van der Waals surface area contributed by atoms with E-state index in [0.717, 1.165) is 10.8 Å². The van der Waals surface area contributed by atoms with Gasteiger partial charge in [0, 0.05) is 18.6 Å². The lowest BCUT2D eigenvalue weighted by Gasteiger charge is -2.16. The molecule has 0 aromatic carbocycles. The van der Waals surface area contributed by atoms with Gasteiger partial charge in [-0.1, -0.05) is 0 Å². The Labute approximate surface area is 113 Å². The molecule has 0 amide bonds. The molecule has 0 saturated heterocycles. The molecule has 3 rings (SSSR count). The van der Waals surface area contributed by atoms with Crippen LogP contribution in [0.5, 0.6) is 0 Å². The van der Waals surface area contributed by atoms with Crippen molar-refractivity contribution in [3.63, 3.8) is 0 Å². The molecule has 9 heteroatoms. The first kappa shape index (κ1) is 12.4. The van der Waals surface area contributed by atoms with Gasteiger partial charge in [-0.2, -0.15) is 5.10 Å². The number of nitrogens with zero attached hydrogens (tertiary/aromatic N) is 4. The number of carbonyl (C=O) groups is 1. The van der Waals surface area contributed by atoms with Crippen molar-refractivity contribution in [2.75, 3.05) is 4.90 Å². The predicted molar refractivity (Wildman–Crippen MR) is 69.6 cm³/mol. The van der Waals surface area contributed by atoms with E-state index in [9.17, 15) is 13.2 Å². The Morgan fingerprint density at radius 1 is 1.25 bits per heavy atom. The van der Waals surface area contributed by atoms with Gasteiger partial charge in [0.15, 0.2) is 15.5 Å². The van der Waals surface area contributed by atoms with Crippen molar-refractivity contribution in [1.82, 2.24) is 14.6 Å². The number of aromatic nitrogens is 3. The topological polar surface area (TPSA) is 105 Å². The Bertz CT molecular complexity index is 846. The van der Waals surface area contributed by atoms with Crippen molar-refractivity contribution >= 4 is 27.3 Å². The van der Waals surface area contributed by atoms with Crippen LogP contribution < -0.4 is 4.90 Å². The molecule has 20 heavy (non-hydrogen) atoms. The third-order valence-electron chi connectivity index (χ3n) is 2.67. The molecule has 0 fully saturated rings. The maximum atomic E-state index is 11.2. The highest BCUT2D eigenvalue weighted by Crippen LogP contribution is 2.18. The highest BCUT2D eigenvalue weighted by Gasteiger charge is 2.15. The lowest BCUT2D eigenvalue weighted by Crippen LogP contribution is -2.14. The maximum absolute atomic E-state index is 11.2. The van der Waals surface area contributed by atoms with Crippen molar-refractivity contribution in [1.29, 1.82) is 0 Å². The molecule has 0 saturated carbocycles. The van der Waals surface area contributed by atoms with Crippen molar-refractivity contribution < 1.29 is 18.3 Å². The quantitative estimate of drug-likeness (QED) is 0.864. The van der Waals surface area contributed by atoms with Crippen LogP contribution in [0.15, 0.2) is 41.7 Å². The number of fused-ring (bicyclic) bond motifs is 1. The molecule has 102 valence electrons. The third-order valence-corrected chi connectivity index (χ3v) is 3.67. The first-order valence-corrected chi connectivity index (χ1v) is 7.05. The number of aromatic carboxylic acids is 1. The standard InChI is InChI=1S/C11H8N4O4S/c16-11(17)8-7-12-15-2-1-9(13-10(8)15)14-3-5-20(18,19)6-4-14/h1-7H,(H,16,17). The zero-order valence-electron chi connectivity index (χ0n) is 9.91. The van der Waals surface area contributed by atoms with Gasteiger partial charge in [-0.3, -0.25) is 0 Å². The first-order chi connectivity index (χ1) is 9.46. The van der Waals surface area contributed by atoms with E-state index < -0.39 is 15.8 Å². The van der Waals surface area contributed by atoms with E-state index in [0.29, 0.717) is 5.82 Å². The van der Waals surface area contributed by atoms with E-state index in [1.165, 1.54) is 28.0 Å². The highest BCUT2D eigenvalue weighted by molar-refractivity contribution is 7.97.